The Kier molecular flexibility index (Phi) is 4.70. The highest BCUT2D eigenvalue weighted by Crippen LogP contribution is 2.60. The van der Waals surface area contributed by atoms with Crippen LogP contribution < -0.4 is 10.3 Å². The van der Waals surface area contributed by atoms with Gasteiger partial charge in [-0.15, -0.1) is 0 Å². The van der Waals surface area contributed by atoms with E-state index >= 15 is 0 Å². The summed E-state index contributed by atoms with van der Waals surface area (Å²) in [6, 6.07) is 10.5. The number of carbonyl (C=O) groups excluding carboxylic acids is 3. The topological polar surface area (TPSA) is 71.4 Å². The Morgan fingerprint density at radius 3 is 1.90 bits per heavy atom. The zero-order valence-electron chi connectivity index (χ0n) is 16.5. The van der Waals surface area contributed by atoms with Crippen molar-refractivity contribution in [1.82, 2.24) is 4.68 Å². The summed E-state index contributed by atoms with van der Waals surface area (Å²) in [7, 11) is 0. The zero-order valence-corrected chi connectivity index (χ0v) is 19.7. The van der Waals surface area contributed by atoms with Crippen molar-refractivity contribution in [2.75, 3.05) is 10.3 Å². The molecule has 1 aliphatic heterocycles. The van der Waals surface area contributed by atoms with E-state index in [9.17, 15) is 14.4 Å². The van der Waals surface area contributed by atoms with Gasteiger partial charge in [-0.2, -0.15) is 0 Å². The maximum Gasteiger partial charge on any atom is 0.270 e. The molecule has 1 aromatic heterocycles. The third-order valence-corrected chi connectivity index (χ3v) is 10.1. The molecule has 1 aromatic carbocycles. The number of nitrogens with zero attached hydrogens (tertiary/aromatic N) is 2. The molecule has 2 aliphatic carbocycles. The second-order valence-electron chi connectivity index (χ2n) is 8.46. The van der Waals surface area contributed by atoms with Crippen LogP contribution in [0.4, 0.5) is 5.69 Å². The molecule has 30 heavy (non-hydrogen) atoms. The molecule has 2 heterocycles. The minimum absolute atomic E-state index is 0.114. The Hall–Kier alpha value is -1.93. The SMILES string of the molecule is Cc1ccc(C)n1NC(=O)c1ccc(N2C(=O)[C@@H]3[C@H]4C[C@@H]([C@H](Br)[C@H]4Br)[C@H]3C2=O)cc1. The molecule has 2 saturated carbocycles. The van der Waals surface area contributed by atoms with E-state index in [1.54, 1.807) is 28.9 Å². The molecule has 3 amide bonds. The predicted octanol–water partition coefficient (Wildman–Crippen LogP) is 3.77. The van der Waals surface area contributed by atoms with E-state index in [1.165, 1.54) is 4.90 Å². The van der Waals surface area contributed by atoms with Gasteiger partial charge in [0.15, 0.2) is 0 Å². The third kappa shape index (κ3) is 2.76. The molecule has 1 N–H and O–H groups in total. The number of hydrogen-bond donors (Lipinski definition) is 1. The van der Waals surface area contributed by atoms with Gasteiger partial charge in [0.1, 0.15) is 0 Å². The number of alkyl halides is 2. The number of imide groups is 1. The minimum atomic E-state index is -0.248. The molecule has 1 saturated heterocycles. The Bertz CT molecular complexity index is 1010. The molecule has 2 aromatic rings. The van der Waals surface area contributed by atoms with Crippen LogP contribution in [0.1, 0.15) is 28.2 Å². The van der Waals surface area contributed by atoms with Crippen LogP contribution in [-0.4, -0.2) is 32.1 Å². The first-order valence-corrected chi connectivity index (χ1v) is 11.8. The van der Waals surface area contributed by atoms with Gasteiger partial charge >= 0.3 is 0 Å². The fourth-order valence-corrected chi connectivity index (χ4v) is 7.25. The lowest BCUT2D eigenvalue weighted by atomic mass is 9.81. The summed E-state index contributed by atoms with van der Waals surface area (Å²) in [5.41, 5.74) is 5.72. The van der Waals surface area contributed by atoms with Crippen LogP contribution in [0.25, 0.3) is 0 Å². The molecule has 3 fully saturated rings. The summed E-state index contributed by atoms with van der Waals surface area (Å²) in [5.74, 6) is -0.601. The van der Waals surface area contributed by atoms with Gasteiger partial charge in [-0.3, -0.25) is 29.4 Å². The first-order chi connectivity index (χ1) is 14.3. The second kappa shape index (κ2) is 7.05. The van der Waals surface area contributed by atoms with E-state index in [-0.39, 0.29) is 51.0 Å². The second-order valence-corrected chi connectivity index (χ2v) is 10.6. The van der Waals surface area contributed by atoms with E-state index in [0.717, 1.165) is 17.8 Å². The molecule has 0 spiro atoms. The van der Waals surface area contributed by atoms with Gasteiger partial charge in [0.25, 0.3) is 5.91 Å². The van der Waals surface area contributed by atoms with Crippen LogP contribution in [0.3, 0.4) is 0 Å². The van der Waals surface area contributed by atoms with Crippen molar-refractivity contribution in [1.29, 1.82) is 0 Å². The van der Waals surface area contributed by atoms with Gasteiger partial charge in [0.05, 0.1) is 17.5 Å². The molecule has 0 unspecified atom stereocenters. The lowest BCUT2D eigenvalue weighted by Gasteiger charge is -2.28. The molecular weight excluding hydrogens is 514 g/mol. The summed E-state index contributed by atoms with van der Waals surface area (Å²) < 4.78 is 1.73. The molecule has 8 heteroatoms. The fraction of sp³-hybridized carbons (Fsp3) is 0.409. The van der Waals surface area contributed by atoms with Crippen LogP contribution in [0.2, 0.25) is 0 Å². The van der Waals surface area contributed by atoms with E-state index < -0.39 is 0 Å². The van der Waals surface area contributed by atoms with Gasteiger partial charge in [0, 0.05) is 26.6 Å². The highest BCUT2D eigenvalue weighted by molar-refractivity contribution is 9.12. The molecule has 5 rings (SSSR count). The molecule has 2 bridgehead atoms. The van der Waals surface area contributed by atoms with Gasteiger partial charge in [-0.05, 0) is 68.5 Å². The number of halogens is 2. The number of carbonyl (C=O) groups is 3. The average Bonchev–Trinajstić information content (AvgIpc) is 3.42. The lowest BCUT2D eigenvalue weighted by molar-refractivity contribution is -0.123. The van der Waals surface area contributed by atoms with Gasteiger partial charge in [-0.25, -0.2) is 0 Å². The quantitative estimate of drug-likeness (QED) is 0.481. The van der Waals surface area contributed by atoms with Crippen molar-refractivity contribution < 1.29 is 14.4 Å². The third-order valence-electron chi connectivity index (χ3n) is 6.86. The van der Waals surface area contributed by atoms with E-state index in [0.29, 0.717) is 11.3 Å². The van der Waals surface area contributed by atoms with E-state index in [1.807, 2.05) is 26.0 Å². The molecule has 0 radical (unpaired) electrons. The van der Waals surface area contributed by atoms with Crippen molar-refractivity contribution in [2.24, 2.45) is 23.7 Å². The number of anilines is 1. The number of rotatable bonds is 3. The Morgan fingerprint density at radius 1 is 0.900 bits per heavy atom. The van der Waals surface area contributed by atoms with Crippen LogP contribution in [0.15, 0.2) is 36.4 Å². The van der Waals surface area contributed by atoms with E-state index in [4.69, 9.17) is 0 Å². The van der Waals surface area contributed by atoms with Gasteiger partial charge < -0.3 is 0 Å². The maximum absolute atomic E-state index is 13.1. The number of aryl methyl sites for hydroxylation is 2. The van der Waals surface area contributed by atoms with Crippen molar-refractivity contribution in [3.63, 3.8) is 0 Å². The van der Waals surface area contributed by atoms with Crippen LogP contribution >= 0.6 is 31.9 Å². The number of benzene rings is 1. The van der Waals surface area contributed by atoms with Crippen LogP contribution in [0.5, 0.6) is 0 Å². The molecule has 3 aliphatic rings. The summed E-state index contributed by atoms with van der Waals surface area (Å²) >= 11 is 7.41. The summed E-state index contributed by atoms with van der Waals surface area (Å²) in [5, 5.41) is 0. The van der Waals surface area contributed by atoms with Crippen molar-refractivity contribution in [3.05, 3.63) is 53.3 Å². The largest absolute Gasteiger partial charge is 0.274 e. The van der Waals surface area contributed by atoms with Crippen molar-refractivity contribution in [2.45, 2.75) is 29.9 Å². The predicted molar refractivity (Wildman–Crippen MR) is 121 cm³/mol. The summed E-state index contributed by atoms with van der Waals surface area (Å²) in [6.45, 7) is 3.83. The first-order valence-electron chi connectivity index (χ1n) is 10.0. The molecular formula is C22H21Br2N3O3. The maximum atomic E-state index is 13.1. The Balaban J connectivity index is 1.37. The van der Waals surface area contributed by atoms with Gasteiger partial charge in [0.2, 0.25) is 11.8 Å². The monoisotopic (exact) mass is 533 g/mol. The lowest BCUT2D eigenvalue weighted by Crippen LogP contribution is -2.37. The number of hydrogen-bond acceptors (Lipinski definition) is 3. The number of amides is 3. The standard InChI is InChI=1S/C22H21Br2N3O3/c1-10-3-4-11(2)27(10)25-20(28)12-5-7-13(8-6-12)26-21(29)16-14-9-15(17(16)22(26)30)19(24)18(14)23/h3-8,14-19H,9H2,1-2H3,(H,25,28)/t14-,15-,16-,17-,18+,19+/m1/s1. The summed E-state index contributed by atoms with van der Waals surface area (Å²) in [4.78, 5) is 40.6. The van der Waals surface area contributed by atoms with Crippen LogP contribution in [0, 0.1) is 37.5 Å². The van der Waals surface area contributed by atoms with Gasteiger partial charge in [-0.1, -0.05) is 31.9 Å². The molecule has 6 nitrogen and oxygen atoms in total. The van der Waals surface area contributed by atoms with Crippen molar-refractivity contribution >= 4 is 55.3 Å². The van der Waals surface area contributed by atoms with Crippen LogP contribution in [-0.2, 0) is 9.59 Å². The normalized spacial score (nSPS) is 32.1. The Labute approximate surface area is 191 Å². The number of nitrogens with one attached hydrogen (secondary N) is 1. The smallest absolute Gasteiger partial charge is 0.270 e. The summed E-state index contributed by atoms with van der Waals surface area (Å²) in [6.07, 6.45) is 0.907. The number of fused-ring (bicyclic) bond motifs is 5. The average molecular weight is 535 g/mol. The fourth-order valence-electron chi connectivity index (χ4n) is 5.38. The first kappa shape index (κ1) is 20.0. The Morgan fingerprint density at radius 2 is 1.40 bits per heavy atom. The highest BCUT2D eigenvalue weighted by atomic mass is 79.9. The zero-order chi connectivity index (χ0) is 21.3. The van der Waals surface area contributed by atoms with E-state index in [2.05, 4.69) is 37.3 Å². The van der Waals surface area contributed by atoms with Crippen molar-refractivity contribution in [3.8, 4) is 0 Å². The number of aromatic nitrogens is 1. The molecule has 6 atom stereocenters. The minimum Gasteiger partial charge on any atom is -0.274 e. The molecule has 156 valence electrons. The highest BCUT2D eigenvalue weighted by Gasteiger charge is 2.66.